The van der Waals surface area contributed by atoms with Crippen LogP contribution in [0, 0.1) is 0 Å². The first kappa shape index (κ1) is 15.0. The van der Waals surface area contributed by atoms with Crippen molar-refractivity contribution in [3.8, 4) is 5.75 Å². The zero-order valence-electron chi connectivity index (χ0n) is 12.0. The van der Waals surface area contributed by atoms with E-state index in [0.717, 1.165) is 31.2 Å². The smallest absolute Gasteiger partial charge is 0.329 e. The molecule has 0 bridgehead atoms. The number of amides is 2. The van der Waals surface area contributed by atoms with E-state index in [1.807, 2.05) is 12.1 Å². The van der Waals surface area contributed by atoms with Gasteiger partial charge in [0.2, 0.25) is 0 Å². The molecule has 0 aromatic heterocycles. The summed E-state index contributed by atoms with van der Waals surface area (Å²) in [5.74, 6) is -0.752. The number of methoxy groups -OCH3 is 1. The lowest BCUT2D eigenvalue weighted by molar-refractivity contribution is -0.139. The molecule has 21 heavy (non-hydrogen) atoms. The second-order valence-corrected chi connectivity index (χ2v) is 4.90. The largest absolute Gasteiger partial charge is 0.496 e. The van der Waals surface area contributed by atoms with E-state index in [-0.39, 0.29) is 6.04 Å². The summed E-state index contributed by atoms with van der Waals surface area (Å²) in [5, 5.41) is 6.48. The quantitative estimate of drug-likeness (QED) is 0.496. The van der Waals surface area contributed by atoms with Crippen LogP contribution in [0.5, 0.6) is 5.75 Å². The zero-order chi connectivity index (χ0) is 15.1. The van der Waals surface area contributed by atoms with E-state index in [9.17, 15) is 9.59 Å². The van der Waals surface area contributed by atoms with Gasteiger partial charge in [0.05, 0.1) is 13.3 Å². The van der Waals surface area contributed by atoms with Crippen LogP contribution in [-0.2, 0) is 9.59 Å². The molecule has 0 unspecified atom stereocenters. The van der Waals surface area contributed by atoms with Gasteiger partial charge in [-0.2, -0.15) is 5.10 Å². The van der Waals surface area contributed by atoms with Gasteiger partial charge in [-0.1, -0.05) is 25.0 Å². The van der Waals surface area contributed by atoms with Crippen molar-refractivity contribution in [2.45, 2.75) is 31.7 Å². The van der Waals surface area contributed by atoms with Crippen LogP contribution in [0.2, 0.25) is 0 Å². The zero-order valence-corrected chi connectivity index (χ0v) is 12.0. The van der Waals surface area contributed by atoms with E-state index in [4.69, 9.17) is 4.74 Å². The number of ether oxygens (including phenoxy) is 1. The predicted octanol–water partition coefficient (Wildman–Crippen LogP) is 1.20. The van der Waals surface area contributed by atoms with Crippen molar-refractivity contribution in [2.24, 2.45) is 5.10 Å². The number of hydrogen-bond donors (Lipinski definition) is 2. The molecule has 1 saturated carbocycles. The van der Waals surface area contributed by atoms with E-state index in [2.05, 4.69) is 15.8 Å². The second-order valence-electron chi connectivity index (χ2n) is 4.90. The number of rotatable bonds is 4. The summed E-state index contributed by atoms with van der Waals surface area (Å²) in [4.78, 5) is 23.3. The highest BCUT2D eigenvalue weighted by Gasteiger charge is 2.20. The highest BCUT2D eigenvalue weighted by molar-refractivity contribution is 6.35. The maximum atomic E-state index is 11.6. The summed E-state index contributed by atoms with van der Waals surface area (Å²) >= 11 is 0. The Bertz CT molecular complexity index is 537. The number of hydrogen-bond acceptors (Lipinski definition) is 4. The van der Waals surface area contributed by atoms with Crippen LogP contribution < -0.4 is 15.5 Å². The number of nitrogens with one attached hydrogen (secondary N) is 2. The minimum atomic E-state index is -0.756. The molecule has 0 saturated heterocycles. The summed E-state index contributed by atoms with van der Waals surface area (Å²) < 4.78 is 5.16. The highest BCUT2D eigenvalue weighted by Crippen LogP contribution is 2.17. The predicted molar refractivity (Wildman–Crippen MR) is 79.1 cm³/mol. The first-order valence-electron chi connectivity index (χ1n) is 6.97. The fraction of sp³-hybridized carbons (Fsp3) is 0.400. The van der Waals surface area contributed by atoms with Crippen LogP contribution in [0.1, 0.15) is 31.2 Å². The van der Waals surface area contributed by atoms with Crippen molar-refractivity contribution in [1.29, 1.82) is 0 Å². The van der Waals surface area contributed by atoms with Crippen molar-refractivity contribution in [1.82, 2.24) is 10.7 Å². The Hall–Kier alpha value is -2.37. The summed E-state index contributed by atoms with van der Waals surface area (Å²) in [7, 11) is 1.56. The average molecular weight is 289 g/mol. The van der Waals surface area contributed by atoms with Gasteiger partial charge in [-0.25, -0.2) is 5.43 Å². The molecule has 1 fully saturated rings. The molecule has 2 rings (SSSR count). The van der Waals surface area contributed by atoms with Crippen molar-refractivity contribution in [3.05, 3.63) is 29.8 Å². The molecule has 2 amide bonds. The maximum Gasteiger partial charge on any atom is 0.329 e. The molecule has 0 atom stereocenters. The number of nitrogens with zero attached hydrogens (tertiary/aromatic N) is 1. The molecule has 112 valence electrons. The number of carbonyl (C=O) groups excluding carboxylic acids is 2. The summed E-state index contributed by atoms with van der Waals surface area (Å²) in [6.45, 7) is 0. The molecule has 0 heterocycles. The number of para-hydroxylation sites is 1. The Labute approximate surface area is 123 Å². The molecular formula is C15H19N3O3. The van der Waals surface area contributed by atoms with Gasteiger partial charge in [0.1, 0.15) is 5.75 Å². The fourth-order valence-electron chi connectivity index (χ4n) is 2.31. The van der Waals surface area contributed by atoms with Crippen LogP contribution in [-0.4, -0.2) is 31.2 Å². The van der Waals surface area contributed by atoms with Crippen LogP contribution in [0.4, 0.5) is 0 Å². The summed E-state index contributed by atoms with van der Waals surface area (Å²) in [6, 6.07) is 7.37. The van der Waals surface area contributed by atoms with E-state index in [0.29, 0.717) is 5.75 Å². The van der Waals surface area contributed by atoms with Crippen LogP contribution in [0.3, 0.4) is 0 Å². The van der Waals surface area contributed by atoms with E-state index < -0.39 is 11.8 Å². The third-order valence-electron chi connectivity index (χ3n) is 3.41. The average Bonchev–Trinajstić information content (AvgIpc) is 3.00. The molecule has 1 aliphatic rings. The normalized spacial score (nSPS) is 15.1. The number of carbonyl (C=O) groups is 2. The van der Waals surface area contributed by atoms with Crippen molar-refractivity contribution >= 4 is 18.0 Å². The molecule has 0 radical (unpaired) electrons. The highest BCUT2D eigenvalue weighted by atomic mass is 16.5. The minimum Gasteiger partial charge on any atom is -0.496 e. The Balaban J connectivity index is 1.85. The Morgan fingerprint density at radius 1 is 1.24 bits per heavy atom. The molecule has 6 heteroatoms. The maximum absolute atomic E-state index is 11.6. The van der Waals surface area contributed by atoms with Gasteiger partial charge in [-0.15, -0.1) is 0 Å². The van der Waals surface area contributed by atoms with Gasteiger partial charge in [0.15, 0.2) is 0 Å². The van der Waals surface area contributed by atoms with Crippen molar-refractivity contribution < 1.29 is 14.3 Å². The van der Waals surface area contributed by atoms with Gasteiger partial charge in [0.25, 0.3) is 0 Å². The molecular weight excluding hydrogens is 270 g/mol. The van der Waals surface area contributed by atoms with Gasteiger partial charge < -0.3 is 10.1 Å². The summed E-state index contributed by atoms with van der Waals surface area (Å²) in [6.07, 6.45) is 5.50. The van der Waals surface area contributed by atoms with Crippen LogP contribution in [0.25, 0.3) is 0 Å². The molecule has 1 aromatic rings. The van der Waals surface area contributed by atoms with Gasteiger partial charge in [-0.3, -0.25) is 9.59 Å². The summed E-state index contributed by atoms with van der Waals surface area (Å²) in [5.41, 5.74) is 2.94. The molecule has 2 N–H and O–H groups in total. The van der Waals surface area contributed by atoms with Crippen LogP contribution >= 0.6 is 0 Å². The monoisotopic (exact) mass is 289 g/mol. The molecule has 1 aromatic carbocycles. The third-order valence-corrected chi connectivity index (χ3v) is 3.41. The fourth-order valence-corrected chi connectivity index (χ4v) is 2.31. The lowest BCUT2D eigenvalue weighted by atomic mass is 10.2. The first-order chi connectivity index (χ1) is 10.2. The standard InChI is InChI=1S/C15H19N3O3/c1-21-13-9-5-2-6-11(13)10-16-18-15(20)14(19)17-12-7-3-4-8-12/h2,5-6,9-10,12H,3-4,7-8H2,1H3,(H,17,19)(H,18,20)/b16-10-. The molecule has 6 nitrogen and oxygen atoms in total. The topological polar surface area (TPSA) is 79.8 Å². The number of benzene rings is 1. The van der Waals surface area contributed by atoms with E-state index in [1.54, 1.807) is 19.2 Å². The lowest BCUT2D eigenvalue weighted by Gasteiger charge is -2.10. The van der Waals surface area contributed by atoms with Crippen LogP contribution in [0.15, 0.2) is 29.4 Å². The SMILES string of the molecule is COc1ccccc1/C=N\NC(=O)C(=O)NC1CCCC1. The Morgan fingerprint density at radius 2 is 1.95 bits per heavy atom. The Kier molecular flexibility index (Phi) is 5.31. The van der Waals surface area contributed by atoms with Gasteiger partial charge in [-0.05, 0) is 25.0 Å². The third kappa shape index (κ3) is 4.30. The molecule has 0 spiro atoms. The van der Waals surface area contributed by atoms with E-state index >= 15 is 0 Å². The minimum absolute atomic E-state index is 0.112. The van der Waals surface area contributed by atoms with Crippen molar-refractivity contribution in [3.63, 3.8) is 0 Å². The van der Waals surface area contributed by atoms with Gasteiger partial charge >= 0.3 is 11.8 Å². The molecule has 1 aliphatic carbocycles. The number of hydrazone groups is 1. The van der Waals surface area contributed by atoms with Crippen molar-refractivity contribution in [2.75, 3.05) is 7.11 Å². The Morgan fingerprint density at radius 3 is 2.67 bits per heavy atom. The van der Waals surface area contributed by atoms with E-state index in [1.165, 1.54) is 6.21 Å². The molecule has 0 aliphatic heterocycles. The lowest BCUT2D eigenvalue weighted by Crippen LogP contribution is -2.42. The van der Waals surface area contributed by atoms with Gasteiger partial charge in [0, 0.05) is 11.6 Å². The first-order valence-corrected chi connectivity index (χ1v) is 6.97. The second kappa shape index (κ2) is 7.42.